The number of nitrogens with zero attached hydrogens (tertiary/aromatic N) is 1. The molecule has 1 aromatic heterocycles. The summed E-state index contributed by atoms with van der Waals surface area (Å²) in [5.41, 5.74) is -1.58. The number of rotatable bonds is 5. The molecule has 0 amide bonds. The second-order valence-corrected chi connectivity index (χ2v) is 7.86. The van der Waals surface area contributed by atoms with Gasteiger partial charge in [-0.3, -0.25) is 9.82 Å². The van der Waals surface area contributed by atoms with Gasteiger partial charge in [0.25, 0.3) is 10.0 Å². The number of aromatic nitrogens is 2. The predicted molar refractivity (Wildman–Crippen MR) is 96.0 cm³/mol. The van der Waals surface area contributed by atoms with E-state index in [9.17, 15) is 30.4 Å². The van der Waals surface area contributed by atoms with Gasteiger partial charge in [0.05, 0.1) is 10.5 Å². The maximum absolute atomic E-state index is 14.1. The molecule has 0 unspecified atom stereocenters. The zero-order chi connectivity index (χ0) is 21.4. The molecular formula is C18H14F5N3O2S. The summed E-state index contributed by atoms with van der Waals surface area (Å²) in [6, 6.07) is 12.5. The highest BCUT2D eigenvalue weighted by atomic mass is 32.2. The standard InChI is InChI=1S/C18H14F5N3O2S/c1-11-7-9-12(10-8-11)14-15(17(19,20)18(21,22)23)24-25-16(14)26-29(27,28)13-5-3-2-4-6-13/h2-10H,1H3,(H2,24,25,26). The lowest BCUT2D eigenvalue weighted by Crippen LogP contribution is -2.34. The molecule has 0 fully saturated rings. The Labute approximate surface area is 162 Å². The quantitative estimate of drug-likeness (QED) is 0.568. The fraction of sp³-hybridized carbons (Fsp3) is 0.167. The topological polar surface area (TPSA) is 74.8 Å². The fourth-order valence-corrected chi connectivity index (χ4v) is 3.61. The van der Waals surface area contributed by atoms with Crippen LogP contribution in [0.3, 0.4) is 0 Å². The molecule has 2 N–H and O–H groups in total. The van der Waals surface area contributed by atoms with Crippen LogP contribution in [0.5, 0.6) is 0 Å². The van der Waals surface area contributed by atoms with Gasteiger partial charge >= 0.3 is 12.1 Å². The summed E-state index contributed by atoms with van der Waals surface area (Å²) in [6.45, 7) is 1.70. The first-order valence-electron chi connectivity index (χ1n) is 8.12. The number of nitrogens with one attached hydrogen (secondary N) is 2. The number of hydrogen-bond donors (Lipinski definition) is 2. The van der Waals surface area contributed by atoms with Crippen molar-refractivity contribution in [2.45, 2.75) is 23.9 Å². The summed E-state index contributed by atoms with van der Waals surface area (Å²) in [7, 11) is -4.28. The van der Waals surface area contributed by atoms with E-state index >= 15 is 0 Å². The van der Waals surface area contributed by atoms with E-state index in [1.807, 2.05) is 4.72 Å². The first kappa shape index (κ1) is 20.8. The summed E-state index contributed by atoms with van der Waals surface area (Å²) in [5, 5.41) is 5.07. The van der Waals surface area contributed by atoms with Gasteiger partial charge in [-0.05, 0) is 24.6 Å². The van der Waals surface area contributed by atoms with Gasteiger partial charge in [-0.2, -0.15) is 27.1 Å². The van der Waals surface area contributed by atoms with Gasteiger partial charge in [-0.25, -0.2) is 8.42 Å². The Bertz CT molecular complexity index is 1110. The molecular weight excluding hydrogens is 417 g/mol. The van der Waals surface area contributed by atoms with E-state index in [4.69, 9.17) is 0 Å². The van der Waals surface area contributed by atoms with Crippen molar-refractivity contribution in [2.24, 2.45) is 0 Å². The summed E-state index contributed by atoms with van der Waals surface area (Å²) in [4.78, 5) is -0.206. The largest absolute Gasteiger partial charge is 0.459 e. The monoisotopic (exact) mass is 431 g/mol. The van der Waals surface area contributed by atoms with Crippen LogP contribution in [0.4, 0.5) is 27.8 Å². The van der Waals surface area contributed by atoms with Crippen LogP contribution in [0, 0.1) is 6.92 Å². The number of aromatic amines is 1. The van der Waals surface area contributed by atoms with Crippen LogP contribution in [0.1, 0.15) is 11.3 Å². The summed E-state index contributed by atoms with van der Waals surface area (Å²) >= 11 is 0. The highest BCUT2D eigenvalue weighted by molar-refractivity contribution is 7.92. The third kappa shape index (κ3) is 3.95. The Balaban J connectivity index is 2.17. The molecule has 0 spiro atoms. The Hall–Kier alpha value is -2.95. The molecule has 3 aromatic rings. The average Bonchev–Trinajstić information content (AvgIpc) is 3.06. The average molecular weight is 431 g/mol. The van der Waals surface area contributed by atoms with Crippen LogP contribution in [0.2, 0.25) is 0 Å². The zero-order valence-electron chi connectivity index (χ0n) is 14.8. The third-order valence-corrected chi connectivity index (χ3v) is 5.42. The second-order valence-electron chi connectivity index (χ2n) is 6.18. The highest BCUT2D eigenvalue weighted by Crippen LogP contribution is 2.48. The second kappa shape index (κ2) is 7.14. The van der Waals surface area contributed by atoms with E-state index in [1.54, 1.807) is 18.1 Å². The molecule has 11 heteroatoms. The Kier molecular flexibility index (Phi) is 5.11. The summed E-state index contributed by atoms with van der Waals surface area (Å²) < 4.78 is 94.1. The van der Waals surface area contributed by atoms with Crippen LogP contribution in [0.25, 0.3) is 11.1 Å². The molecule has 0 aliphatic rings. The van der Waals surface area contributed by atoms with Gasteiger partial charge in [0.15, 0.2) is 5.82 Å². The first-order chi connectivity index (χ1) is 13.4. The van der Waals surface area contributed by atoms with E-state index in [1.165, 1.54) is 48.5 Å². The van der Waals surface area contributed by atoms with Crippen molar-refractivity contribution in [1.29, 1.82) is 0 Å². The molecule has 29 heavy (non-hydrogen) atoms. The maximum atomic E-state index is 14.1. The number of aryl methyl sites for hydroxylation is 1. The van der Waals surface area contributed by atoms with Crippen molar-refractivity contribution in [3.05, 3.63) is 65.9 Å². The Morgan fingerprint density at radius 3 is 2.07 bits per heavy atom. The van der Waals surface area contributed by atoms with Gasteiger partial charge in [0.2, 0.25) is 0 Å². The molecule has 0 saturated heterocycles. The van der Waals surface area contributed by atoms with Crippen molar-refractivity contribution >= 4 is 15.8 Å². The Morgan fingerprint density at radius 1 is 0.931 bits per heavy atom. The number of hydrogen-bond acceptors (Lipinski definition) is 3. The smallest absolute Gasteiger partial charge is 0.273 e. The number of sulfonamides is 1. The normalized spacial score (nSPS) is 12.8. The number of halogens is 5. The highest BCUT2D eigenvalue weighted by Gasteiger charge is 2.61. The van der Waals surface area contributed by atoms with Gasteiger partial charge in [-0.15, -0.1) is 0 Å². The number of anilines is 1. The lowest BCUT2D eigenvalue weighted by Gasteiger charge is -2.20. The van der Waals surface area contributed by atoms with Crippen molar-refractivity contribution in [1.82, 2.24) is 10.2 Å². The minimum Gasteiger partial charge on any atom is -0.273 e. The van der Waals surface area contributed by atoms with E-state index in [-0.39, 0.29) is 10.5 Å². The molecule has 1 heterocycles. The van der Waals surface area contributed by atoms with Crippen molar-refractivity contribution in [2.75, 3.05) is 4.72 Å². The van der Waals surface area contributed by atoms with Crippen LogP contribution in [0.15, 0.2) is 59.5 Å². The fourth-order valence-electron chi connectivity index (χ4n) is 2.57. The molecule has 2 aromatic carbocycles. The third-order valence-electron chi connectivity index (χ3n) is 4.06. The first-order valence-corrected chi connectivity index (χ1v) is 9.60. The molecule has 154 valence electrons. The molecule has 5 nitrogen and oxygen atoms in total. The van der Waals surface area contributed by atoms with E-state index < -0.39 is 39.2 Å². The van der Waals surface area contributed by atoms with Crippen LogP contribution >= 0.6 is 0 Å². The van der Waals surface area contributed by atoms with Gasteiger partial charge < -0.3 is 0 Å². The van der Waals surface area contributed by atoms with Crippen LogP contribution in [-0.4, -0.2) is 24.8 Å². The molecule has 0 saturated carbocycles. The molecule has 0 aliphatic carbocycles. The van der Waals surface area contributed by atoms with Gasteiger partial charge in [0.1, 0.15) is 5.69 Å². The number of H-pyrrole nitrogens is 1. The summed E-state index contributed by atoms with van der Waals surface area (Å²) in [6.07, 6.45) is -5.91. The maximum Gasteiger partial charge on any atom is 0.459 e. The zero-order valence-corrected chi connectivity index (χ0v) is 15.6. The lowest BCUT2D eigenvalue weighted by molar-refractivity contribution is -0.290. The van der Waals surface area contributed by atoms with E-state index in [2.05, 4.69) is 5.10 Å². The lowest BCUT2D eigenvalue weighted by atomic mass is 10.0. The minimum atomic E-state index is -5.91. The molecule has 0 atom stereocenters. The Morgan fingerprint density at radius 2 is 1.52 bits per heavy atom. The van der Waals surface area contributed by atoms with Crippen LogP contribution in [-0.2, 0) is 15.9 Å². The van der Waals surface area contributed by atoms with Crippen molar-refractivity contribution < 1.29 is 30.4 Å². The SMILES string of the molecule is Cc1ccc(-c2c(NS(=O)(=O)c3ccccc3)n[nH]c2C(F)(F)C(F)(F)F)cc1. The molecule has 0 aliphatic heterocycles. The van der Waals surface area contributed by atoms with E-state index in [0.717, 1.165) is 5.56 Å². The summed E-state index contributed by atoms with van der Waals surface area (Å²) in [5.74, 6) is -5.95. The molecule has 3 rings (SSSR count). The predicted octanol–water partition coefficient (Wildman–Crippen LogP) is 4.84. The van der Waals surface area contributed by atoms with Gasteiger partial charge in [0, 0.05) is 0 Å². The van der Waals surface area contributed by atoms with Gasteiger partial charge in [-0.1, -0.05) is 48.0 Å². The van der Waals surface area contributed by atoms with Crippen molar-refractivity contribution in [3.63, 3.8) is 0 Å². The minimum absolute atomic E-state index is 0.0611. The molecule has 0 bridgehead atoms. The molecule has 0 radical (unpaired) electrons. The number of alkyl halides is 5. The van der Waals surface area contributed by atoms with Crippen molar-refractivity contribution in [3.8, 4) is 11.1 Å². The van der Waals surface area contributed by atoms with Crippen LogP contribution < -0.4 is 4.72 Å². The number of benzene rings is 2. The van der Waals surface area contributed by atoms with E-state index in [0.29, 0.717) is 0 Å².